The molecule has 0 aromatic heterocycles. The fourth-order valence-electron chi connectivity index (χ4n) is 4.00. The minimum atomic E-state index is -0.451. The Balaban J connectivity index is 1.94. The summed E-state index contributed by atoms with van der Waals surface area (Å²) in [4.78, 5) is 23.8. The van der Waals surface area contributed by atoms with E-state index in [0.717, 1.165) is 59.1 Å². The van der Waals surface area contributed by atoms with Crippen molar-refractivity contribution in [3.05, 3.63) is 58.7 Å². The summed E-state index contributed by atoms with van der Waals surface area (Å²) in [6, 6.07) is 5.60. The van der Waals surface area contributed by atoms with Gasteiger partial charge < -0.3 is 18.9 Å². The summed E-state index contributed by atoms with van der Waals surface area (Å²) in [6.07, 6.45) is 2.85. The first kappa shape index (κ1) is 26.6. The van der Waals surface area contributed by atoms with Gasteiger partial charge >= 0.3 is 11.9 Å². The SMILES string of the molecule is C=C(C)C(=O)OC(C)COc1c2c(c(OCC(C)OC(=O)C(=C)C)c3cc(Cl)ccc13)CCCC2. The number of halogens is 1. The third kappa shape index (κ3) is 6.57. The van der Waals surface area contributed by atoms with E-state index in [1.54, 1.807) is 27.7 Å². The van der Waals surface area contributed by atoms with E-state index in [1.165, 1.54) is 0 Å². The molecule has 0 saturated heterocycles. The molecule has 0 fully saturated rings. The van der Waals surface area contributed by atoms with Crippen molar-refractivity contribution >= 4 is 34.3 Å². The molecular weight excluding hydrogens is 468 g/mol. The lowest BCUT2D eigenvalue weighted by Gasteiger charge is -2.27. The van der Waals surface area contributed by atoms with Gasteiger partial charge in [-0.2, -0.15) is 0 Å². The number of fused-ring (bicyclic) bond motifs is 2. The van der Waals surface area contributed by atoms with Crippen LogP contribution < -0.4 is 9.47 Å². The van der Waals surface area contributed by atoms with Crippen LogP contribution in [0.1, 0.15) is 51.7 Å². The predicted octanol–water partition coefficient (Wildman–Crippen LogP) is 6.15. The molecule has 0 N–H and O–H groups in total. The molecule has 0 amide bonds. The molecule has 6 nitrogen and oxygen atoms in total. The molecule has 2 unspecified atom stereocenters. The molecule has 0 saturated carbocycles. The highest BCUT2D eigenvalue weighted by Crippen LogP contribution is 2.45. The molecule has 3 rings (SSSR count). The Morgan fingerprint density at radius 2 is 1.31 bits per heavy atom. The quantitative estimate of drug-likeness (QED) is 0.288. The molecule has 0 radical (unpaired) electrons. The largest absolute Gasteiger partial charge is 0.489 e. The third-order valence-corrected chi connectivity index (χ3v) is 5.96. The van der Waals surface area contributed by atoms with Crippen LogP contribution in [0.5, 0.6) is 11.5 Å². The first-order valence-electron chi connectivity index (χ1n) is 11.8. The van der Waals surface area contributed by atoms with Crippen LogP contribution in [0.4, 0.5) is 0 Å². The Morgan fingerprint density at radius 1 is 0.857 bits per heavy atom. The molecule has 2 aromatic carbocycles. The van der Waals surface area contributed by atoms with Gasteiger partial charge in [0.15, 0.2) is 0 Å². The molecule has 1 aliphatic carbocycles. The maximum atomic E-state index is 11.9. The summed E-state index contributed by atoms with van der Waals surface area (Å²) in [5.74, 6) is 0.620. The molecule has 35 heavy (non-hydrogen) atoms. The zero-order chi connectivity index (χ0) is 25.7. The van der Waals surface area contributed by atoms with E-state index in [0.29, 0.717) is 16.2 Å². The standard InChI is InChI=1S/C28H33ClO6/c1-16(2)27(30)34-18(5)14-32-25-21-9-7-8-10-22(21)26(24-13-20(29)11-12-23(24)25)33-15-19(6)35-28(31)17(3)4/h11-13,18-19H,1,3,7-10,14-15H2,2,4-6H3. The van der Waals surface area contributed by atoms with E-state index < -0.39 is 24.1 Å². The molecule has 0 spiro atoms. The lowest BCUT2D eigenvalue weighted by Crippen LogP contribution is -2.24. The molecule has 2 aromatic rings. The van der Waals surface area contributed by atoms with Crippen LogP contribution in [0.15, 0.2) is 42.5 Å². The van der Waals surface area contributed by atoms with E-state index in [-0.39, 0.29) is 13.2 Å². The third-order valence-electron chi connectivity index (χ3n) is 5.72. The van der Waals surface area contributed by atoms with Crippen molar-refractivity contribution in [2.75, 3.05) is 13.2 Å². The molecule has 7 heteroatoms. The van der Waals surface area contributed by atoms with Crippen molar-refractivity contribution in [3.8, 4) is 11.5 Å². The maximum absolute atomic E-state index is 11.9. The Hall–Kier alpha value is -2.99. The first-order chi connectivity index (χ1) is 16.6. The van der Waals surface area contributed by atoms with Crippen molar-refractivity contribution in [2.24, 2.45) is 0 Å². The molecular formula is C28H33ClO6. The Morgan fingerprint density at radius 3 is 1.77 bits per heavy atom. The smallest absolute Gasteiger partial charge is 0.333 e. The second-order valence-electron chi connectivity index (χ2n) is 9.13. The summed E-state index contributed by atoms with van der Waals surface area (Å²) in [5.41, 5.74) is 2.85. The van der Waals surface area contributed by atoms with Crippen LogP contribution in [0.3, 0.4) is 0 Å². The fraction of sp³-hybridized carbons (Fsp3) is 0.429. The molecule has 0 heterocycles. The number of carbonyl (C=O) groups is 2. The van der Waals surface area contributed by atoms with E-state index in [2.05, 4.69) is 13.2 Å². The predicted molar refractivity (Wildman–Crippen MR) is 137 cm³/mol. The number of hydrogen-bond donors (Lipinski definition) is 0. The van der Waals surface area contributed by atoms with Gasteiger partial charge in [-0.25, -0.2) is 9.59 Å². The van der Waals surface area contributed by atoms with Crippen molar-refractivity contribution in [2.45, 2.75) is 65.6 Å². The van der Waals surface area contributed by atoms with E-state index in [1.807, 2.05) is 18.2 Å². The van der Waals surface area contributed by atoms with Crippen LogP contribution in [0.2, 0.25) is 5.02 Å². The second kappa shape index (κ2) is 11.6. The number of rotatable bonds is 10. The summed E-state index contributed by atoms with van der Waals surface area (Å²) in [6.45, 7) is 14.4. The van der Waals surface area contributed by atoms with Crippen LogP contribution >= 0.6 is 11.6 Å². The van der Waals surface area contributed by atoms with Crippen LogP contribution in [0, 0.1) is 0 Å². The van der Waals surface area contributed by atoms with Gasteiger partial charge in [-0.15, -0.1) is 0 Å². The summed E-state index contributed by atoms with van der Waals surface area (Å²) < 4.78 is 23.3. The number of hydrogen-bond acceptors (Lipinski definition) is 6. The summed E-state index contributed by atoms with van der Waals surface area (Å²) >= 11 is 6.37. The van der Waals surface area contributed by atoms with Gasteiger partial charge in [0.05, 0.1) is 0 Å². The number of ether oxygens (including phenoxy) is 4. The second-order valence-corrected chi connectivity index (χ2v) is 9.56. The highest BCUT2D eigenvalue weighted by Gasteiger charge is 2.25. The average molecular weight is 501 g/mol. The van der Waals surface area contributed by atoms with E-state index in [4.69, 9.17) is 30.5 Å². The van der Waals surface area contributed by atoms with Gasteiger partial charge in [0.1, 0.15) is 36.9 Å². The van der Waals surface area contributed by atoms with Crippen molar-refractivity contribution in [1.82, 2.24) is 0 Å². The first-order valence-corrected chi connectivity index (χ1v) is 12.2. The Kier molecular flexibility index (Phi) is 8.84. The van der Waals surface area contributed by atoms with Gasteiger partial charge in [0.25, 0.3) is 0 Å². The zero-order valence-electron chi connectivity index (χ0n) is 20.9. The number of carbonyl (C=O) groups excluding carboxylic acids is 2. The van der Waals surface area contributed by atoms with Crippen molar-refractivity contribution in [1.29, 1.82) is 0 Å². The number of esters is 2. The molecule has 1 aliphatic rings. The van der Waals surface area contributed by atoms with E-state index in [9.17, 15) is 9.59 Å². The van der Waals surface area contributed by atoms with Crippen molar-refractivity contribution < 1.29 is 28.5 Å². The lowest BCUT2D eigenvalue weighted by atomic mass is 9.87. The molecule has 188 valence electrons. The summed E-state index contributed by atoms with van der Waals surface area (Å²) in [7, 11) is 0. The number of benzene rings is 2. The molecule has 0 bridgehead atoms. The Labute approximate surface area is 211 Å². The maximum Gasteiger partial charge on any atom is 0.333 e. The minimum Gasteiger partial charge on any atom is -0.489 e. The Bertz CT molecular complexity index is 1150. The van der Waals surface area contributed by atoms with Gasteiger partial charge in [0.2, 0.25) is 0 Å². The topological polar surface area (TPSA) is 71.1 Å². The highest BCUT2D eigenvalue weighted by molar-refractivity contribution is 6.31. The van der Waals surface area contributed by atoms with Crippen LogP contribution in [-0.4, -0.2) is 37.4 Å². The summed E-state index contributed by atoms with van der Waals surface area (Å²) in [5, 5.41) is 2.28. The molecule has 0 aliphatic heterocycles. The van der Waals surface area contributed by atoms with Gasteiger partial charge in [-0.05, 0) is 71.6 Å². The monoisotopic (exact) mass is 500 g/mol. The van der Waals surface area contributed by atoms with Crippen LogP contribution in [-0.2, 0) is 31.9 Å². The van der Waals surface area contributed by atoms with Crippen molar-refractivity contribution in [3.63, 3.8) is 0 Å². The lowest BCUT2D eigenvalue weighted by molar-refractivity contribution is -0.145. The van der Waals surface area contributed by atoms with Gasteiger partial charge in [-0.1, -0.05) is 24.8 Å². The average Bonchev–Trinajstić information content (AvgIpc) is 2.80. The van der Waals surface area contributed by atoms with Crippen LogP contribution in [0.25, 0.3) is 10.8 Å². The zero-order valence-corrected chi connectivity index (χ0v) is 21.6. The van der Waals surface area contributed by atoms with Gasteiger partial charge in [-0.3, -0.25) is 0 Å². The van der Waals surface area contributed by atoms with Gasteiger partial charge in [0, 0.05) is 38.1 Å². The highest BCUT2D eigenvalue weighted by atomic mass is 35.5. The van der Waals surface area contributed by atoms with E-state index >= 15 is 0 Å². The minimum absolute atomic E-state index is 0.196. The molecule has 2 atom stereocenters. The normalized spacial score (nSPS) is 14.4. The fourth-order valence-corrected chi connectivity index (χ4v) is 4.17.